The number of carbonyl (C=O) groups is 1. The molecule has 0 unspecified atom stereocenters. The Morgan fingerprint density at radius 1 is 1.46 bits per heavy atom. The maximum absolute atomic E-state index is 14.3. The number of benzene rings is 1. The average Bonchev–Trinajstić information content (AvgIpc) is 3.03. The third kappa shape index (κ3) is 3.72. The van der Waals surface area contributed by atoms with Crippen LogP contribution in [-0.4, -0.2) is 34.0 Å². The van der Waals surface area contributed by atoms with Crippen molar-refractivity contribution < 1.29 is 23.7 Å². The van der Waals surface area contributed by atoms with Gasteiger partial charge in [0.1, 0.15) is 22.6 Å². The highest BCUT2D eigenvalue weighted by atomic mass is 127. The van der Waals surface area contributed by atoms with Gasteiger partial charge in [0.15, 0.2) is 5.58 Å². The summed E-state index contributed by atoms with van der Waals surface area (Å²) in [6, 6.07) is 4.47. The van der Waals surface area contributed by atoms with Crippen LogP contribution in [0.1, 0.15) is 16.1 Å². The molecule has 0 fully saturated rings. The lowest BCUT2D eigenvalue weighted by Gasteiger charge is -2.16. The first-order chi connectivity index (χ1) is 13.3. The maximum atomic E-state index is 14.3. The second kappa shape index (κ2) is 8.24. The number of carbonyl (C=O) groups excluding carboxylic acids is 1. The third-order valence-corrected chi connectivity index (χ3v) is 4.62. The molecule has 11 heteroatoms. The second-order valence-corrected chi connectivity index (χ2v) is 7.06. The van der Waals surface area contributed by atoms with Crippen LogP contribution in [-0.2, 0) is 11.9 Å². The first-order valence-electron chi connectivity index (χ1n) is 8.09. The van der Waals surface area contributed by atoms with Crippen LogP contribution in [0.2, 0.25) is 0 Å². The van der Waals surface area contributed by atoms with E-state index in [9.17, 15) is 14.0 Å². The number of hydrogen-bond acceptors (Lipinski definition) is 7. The molecule has 0 aliphatic carbocycles. The van der Waals surface area contributed by atoms with Gasteiger partial charge in [0.25, 0.3) is 11.5 Å². The molecule has 0 saturated carbocycles. The van der Waals surface area contributed by atoms with E-state index < -0.39 is 17.3 Å². The fourth-order valence-corrected chi connectivity index (χ4v) is 3.08. The Morgan fingerprint density at radius 3 is 2.89 bits per heavy atom. The van der Waals surface area contributed by atoms with Crippen molar-refractivity contribution in [3.8, 4) is 0 Å². The summed E-state index contributed by atoms with van der Waals surface area (Å²) in [5.74, 6) is -1.31. The molecule has 2 heterocycles. The molecule has 0 bridgehead atoms. The van der Waals surface area contributed by atoms with Gasteiger partial charge in [-0.25, -0.2) is 9.87 Å². The number of hydroxylamine groups is 1. The fraction of sp³-hybridized carbons (Fsp3) is 0.235. The number of aliphatic hydroxyl groups is 1. The number of rotatable bonds is 6. The molecule has 0 spiro atoms. The van der Waals surface area contributed by atoms with Crippen molar-refractivity contribution in [2.45, 2.75) is 6.92 Å². The number of aryl methyl sites for hydroxylation is 1. The Morgan fingerprint density at radius 2 is 2.21 bits per heavy atom. The first-order valence-corrected chi connectivity index (χ1v) is 9.17. The summed E-state index contributed by atoms with van der Waals surface area (Å²) in [4.78, 5) is 30.3. The van der Waals surface area contributed by atoms with Crippen molar-refractivity contribution >= 4 is 51.0 Å². The number of halogens is 2. The van der Waals surface area contributed by atoms with Gasteiger partial charge in [-0.1, -0.05) is 5.16 Å². The van der Waals surface area contributed by atoms with Gasteiger partial charge in [-0.2, -0.15) is 0 Å². The number of aromatic nitrogens is 2. The number of fused-ring (bicyclic) bond motifs is 1. The smallest absolute Gasteiger partial charge is 0.282 e. The van der Waals surface area contributed by atoms with Crippen molar-refractivity contribution in [2.24, 2.45) is 7.05 Å². The summed E-state index contributed by atoms with van der Waals surface area (Å²) in [6.07, 6.45) is 0. The van der Waals surface area contributed by atoms with E-state index in [0.29, 0.717) is 9.26 Å². The minimum Gasteiger partial charge on any atom is -0.394 e. The number of anilines is 2. The van der Waals surface area contributed by atoms with Crippen LogP contribution in [0.4, 0.5) is 15.9 Å². The Balaban J connectivity index is 2.19. The monoisotopic (exact) mass is 502 g/mol. The summed E-state index contributed by atoms with van der Waals surface area (Å²) in [7, 11) is 1.44. The van der Waals surface area contributed by atoms with E-state index in [0.717, 1.165) is 0 Å². The Bertz CT molecular complexity index is 1110. The number of nitrogens with zero attached hydrogens (tertiary/aromatic N) is 2. The third-order valence-electron chi connectivity index (χ3n) is 3.95. The lowest BCUT2D eigenvalue weighted by atomic mass is 10.1. The van der Waals surface area contributed by atoms with Gasteiger partial charge in [-0.15, -0.1) is 0 Å². The average molecular weight is 502 g/mol. The quantitative estimate of drug-likeness (QED) is 0.268. The Labute approximate surface area is 171 Å². The van der Waals surface area contributed by atoms with E-state index in [1.165, 1.54) is 23.7 Å². The summed E-state index contributed by atoms with van der Waals surface area (Å²) in [5, 5.41) is 15.5. The highest BCUT2D eigenvalue weighted by Crippen LogP contribution is 2.29. The predicted molar refractivity (Wildman–Crippen MR) is 107 cm³/mol. The molecule has 28 heavy (non-hydrogen) atoms. The summed E-state index contributed by atoms with van der Waals surface area (Å²) in [5.41, 5.74) is 1.93. The molecule has 2 aromatic heterocycles. The van der Waals surface area contributed by atoms with Crippen LogP contribution < -0.4 is 16.4 Å². The molecule has 0 aliphatic rings. The van der Waals surface area contributed by atoms with E-state index in [1.54, 1.807) is 13.0 Å². The first kappa shape index (κ1) is 20.2. The number of pyridine rings is 1. The van der Waals surface area contributed by atoms with Gasteiger partial charge in [-0.05, 0) is 47.7 Å². The standard InChI is InChI=1S/C17H16FIN4O5/c1-8-12-14(28-21-8)13(16(25)22-27-6-5-24)15(23(2)17(12)26)20-11-4-3-9(19)7-10(11)18/h3-4,7,20,24H,5-6H2,1-2H3,(H,22,25). The fourth-order valence-electron chi connectivity index (χ4n) is 2.63. The van der Waals surface area contributed by atoms with Gasteiger partial charge < -0.3 is 14.9 Å². The van der Waals surface area contributed by atoms with Crippen molar-refractivity contribution in [2.75, 3.05) is 18.5 Å². The van der Waals surface area contributed by atoms with E-state index >= 15 is 0 Å². The van der Waals surface area contributed by atoms with Crippen LogP contribution in [0.25, 0.3) is 11.0 Å². The highest BCUT2D eigenvalue weighted by molar-refractivity contribution is 14.1. The zero-order valence-corrected chi connectivity index (χ0v) is 17.0. The van der Waals surface area contributed by atoms with E-state index in [-0.39, 0.29) is 41.3 Å². The zero-order valence-electron chi connectivity index (χ0n) is 14.9. The topological polar surface area (TPSA) is 119 Å². The van der Waals surface area contributed by atoms with Crippen LogP contribution in [0.15, 0.2) is 27.5 Å². The second-order valence-electron chi connectivity index (χ2n) is 5.81. The molecule has 3 aromatic rings. The molecule has 1 aromatic carbocycles. The molecule has 0 saturated heterocycles. The van der Waals surface area contributed by atoms with Crippen LogP contribution in [0.3, 0.4) is 0 Å². The number of amides is 1. The van der Waals surface area contributed by atoms with Crippen molar-refractivity contribution in [3.63, 3.8) is 0 Å². The molecule has 3 rings (SSSR count). The molecule has 0 aliphatic heterocycles. The summed E-state index contributed by atoms with van der Waals surface area (Å²) < 4.78 is 21.4. The minimum atomic E-state index is -0.751. The SMILES string of the molecule is Cc1noc2c(C(=O)NOCCO)c(Nc3ccc(I)cc3F)n(C)c(=O)c12. The van der Waals surface area contributed by atoms with E-state index in [4.69, 9.17) is 14.5 Å². The lowest BCUT2D eigenvalue weighted by molar-refractivity contribution is 0.0169. The highest BCUT2D eigenvalue weighted by Gasteiger charge is 2.26. The Kier molecular flexibility index (Phi) is 5.96. The number of nitrogens with one attached hydrogen (secondary N) is 2. The van der Waals surface area contributed by atoms with Crippen molar-refractivity contribution in [1.82, 2.24) is 15.2 Å². The molecule has 3 N–H and O–H groups in total. The molecule has 1 amide bonds. The summed E-state index contributed by atoms with van der Waals surface area (Å²) >= 11 is 1.97. The molecule has 0 radical (unpaired) electrons. The Hall–Kier alpha value is -2.51. The van der Waals surface area contributed by atoms with Gasteiger partial charge in [0.05, 0.1) is 24.6 Å². The minimum absolute atomic E-state index is 0.00106. The molecular weight excluding hydrogens is 486 g/mol. The maximum Gasteiger partial charge on any atom is 0.282 e. The van der Waals surface area contributed by atoms with Crippen molar-refractivity contribution in [3.05, 3.63) is 49.2 Å². The molecule has 148 valence electrons. The van der Waals surface area contributed by atoms with Gasteiger partial charge >= 0.3 is 0 Å². The van der Waals surface area contributed by atoms with Crippen LogP contribution in [0, 0.1) is 16.3 Å². The number of aliphatic hydroxyl groups excluding tert-OH is 1. The predicted octanol–water partition coefficient (Wildman–Crippen LogP) is 1.98. The van der Waals surface area contributed by atoms with Gasteiger partial charge in [-0.3, -0.25) is 19.0 Å². The van der Waals surface area contributed by atoms with Gasteiger partial charge in [0.2, 0.25) is 0 Å². The lowest BCUT2D eigenvalue weighted by Crippen LogP contribution is -2.30. The largest absolute Gasteiger partial charge is 0.394 e. The van der Waals surface area contributed by atoms with Crippen molar-refractivity contribution in [1.29, 1.82) is 0 Å². The van der Waals surface area contributed by atoms with E-state index in [1.807, 2.05) is 22.6 Å². The normalized spacial score (nSPS) is 11.0. The summed E-state index contributed by atoms with van der Waals surface area (Å²) in [6.45, 7) is 1.14. The van der Waals surface area contributed by atoms with Crippen LogP contribution >= 0.6 is 22.6 Å². The molecule has 9 nitrogen and oxygen atoms in total. The van der Waals surface area contributed by atoms with Crippen LogP contribution in [0.5, 0.6) is 0 Å². The van der Waals surface area contributed by atoms with Gasteiger partial charge in [0, 0.05) is 10.6 Å². The number of hydrogen-bond donors (Lipinski definition) is 3. The van der Waals surface area contributed by atoms with E-state index in [2.05, 4.69) is 16.0 Å². The molecule has 0 atom stereocenters. The molecular formula is C17H16FIN4O5. The zero-order chi connectivity index (χ0) is 20.4.